The highest BCUT2D eigenvalue weighted by Crippen LogP contribution is 2.05. The lowest BCUT2D eigenvalue weighted by Crippen LogP contribution is -2.22. The second-order valence-electron chi connectivity index (χ2n) is 2.77. The van der Waals surface area contributed by atoms with Gasteiger partial charge >= 0.3 is 0 Å². The van der Waals surface area contributed by atoms with E-state index in [-0.39, 0.29) is 23.2 Å². The molecular formula is C9H15NO3S. The summed E-state index contributed by atoms with van der Waals surface area (Å²) < 4.78 is 0. The molecule has 0 aromatic rings. The van der Waals surface area contributed by atoms with E-state index in [0.717, 1.165) is 11.8 Å². The summed E-state index contributed by atoms with van der Waals surface area (Å²) in [6.07, 6.45) is 0.402. The van der Waals surface area contributed by atoms with Crippen LogP contribution in [0.2, 0.25) is 0 Å². The molecule has 0 unspecified atom stereocenters. The van der Waals surface area contributed by atoms with Crippen molar-refractivity contribution < 1.29 is 14.4 Å². The van der Waals surface area contributed by atoms with Crippen LogP contribution in [0.1, 0.15) is 26.7 Å². The third-order valence-electron chi connectivity index (χ3n) is 1.47. The van der Waals surface area contributed by atoms with Gasteiger partial charge in [-0.1, -0.05) is 18.7 Å². The topological polar surface area (TPSA) is 63.2 Å². The van der Waals surface area contributed by atoms with Crippen molar-refractivity contribution in [1.29, 1.82) is 0 Å². The number of carbonyl (C=O) groups excluding carboxylic acids is 3. The SMILES string of the molecule is CCC(=O)CC(=O)SCCNC(C)=O. The molecule has 4 nitrogen and oxygen atoms in total. The van der Waals surface area contributed by atoms with Crippen molar-refractivity contribution in [2.24, 2.45) is 0 Å². The van der Waals surface area contributed by atoms with Crippen molar-refractivity contribution in [3.05, 3.63) is 0 Å². The summed E-state index contributed by atoms with van der Waals surface area (Å²) in [5.74, 6) is 0.375. The van der Waals surface area contributed by atoms with Crippen LogP contribution in [0.4, 0.5) is 0 Å². The van der Waals surface area contributed by atoms with E-state index < -0.39 is 0 Å². The van der Waals surface area contributed by atoms with Gasteiger partial charge in [-0.2, -0.15) is 0 Å². The molecule has 0 aliphatic heterocycles. The van der Waals surface area contributed by atoms with Gasteiger partial charge in [0.15, 0.2) is 5.12 Å². The van der Waals surface area contributed by atoms with Crippen molar-refractivity contribution >= 4 is 28.6 Å². The molecule has 14 heavy (non-hydrogen) atoms. The van der Waals surface area contributed by atoms with Gasteiger partial charge in [-0.3, -0.25) is 14.4 Å². The van der Waals surface area contributed by atoms with Crippen LogP contribution in [0.5, 0.6) is 0 Å². The van der Waals surface area contributed by atoms with E-state index in [4.69, 9.17) is 0 Å². The minimum atomic E-state index is -0.123. The number of hydrogen-bond donors (Lipinski definition) is 1. The number of nitrogens with one attached hydrogen (secondary N) is 1. The Morgan fingerprint density at radius 1 is 1.29 bits per heavy atom. The largest absolute Gasteiger partial charge is 0.356 e. The van der Waals surface area contributed by atoms with Gasteiger partial charge in [-0.05, 0) is 0 Å². The summed E-state index contributed by atoms with van der Waals surface area (Å²) in [4.78, 5) is 32.4. The third-order valence-corrected chi connectivity index (χ3v) is 2.35. The molecule has 1 amide bonds. The van der Waals surface area contributed by atoms with Crippen LogP contribution >= 0.6 is 11.8 Å². The Bertz CT molecular complexity index is 228. The molecule has 0 radical (unpaired) electrons. The van der Waals surface area contributed by atoms with Gasteiger partial charge in [0.25, 0.3) is 0 Å². The first-order valence-electron chi connectivity index (χ1n) is 4.48. The minimum absolute atomic E-state index is 0.00123. The molecule has 0 heterocycles. The van der Waals surface area contributed by atoms with Crippen molar-refractivity contribution in [3.63, 3.8) is 0 Å². The Balaban J connectivity index is 3.45. The number of rotatable bonds is 6. The fourth-order valence-electron chi connectivity index (χ4n) is 0.729. The summed E-state index contributed by atoms with van der Waals surface area (Å²) in [6, 6.07) is 0. The van der Waals surface area contributed by atoms with Crippen molar-refractivity contribution in [1.82, 2.24) is 5.32 Å². The van der Waals surface area contributed by atoms with E-state index in [1.165, 1.54) is 6.92 Å². The number of Topliss-reactive ketones (excluding diaryl/α,β-unsaturated/α-hetero) is 1. The molecule has 1 N–H and O–H groups in total. The zero-order valence-corrected chi connectivity index (χ0v) is 9.28. The van der Waals surface area contributed by atoms with Gasteiger partial charge in [0.05, 0.1) is 6.42 Å². The first-order valence-corrected chi connectivity index (χ1v) is 5.46. The highest BCUT2D eigenvalue weighted by Gasteiger charge is 2.07. The molecule has 0 fully saturated rings. The van der Waals surface area contributed by atoms with Gasteiger partial charge in [0.1, 0.15) is 5.78 Å². The van der Waals surface area contributed by atoms with Crippen LogP contribution in [-0.2, 0) is 14.4 Å². The first-order chi connectivity index (χ1) is 6.56. The molecule has 0 rings (SSSR count). The average molecular weight is 217 g/mol. The van der Waals surface area contributed by atoms with Crippen molar-refractivity contribution in [3.8, 4) is 0 Å². The molecule has 0 bridgehead atoms. The van der Waals surface area contributed by atoms with E-state index >= 15 is 0 Å². The fraction of sp³-hybridized carbons (Fsp3) is 0.667. The normalized spacial score (nSPS) is 9.57. The number of ketones is 1. The molecule has 0 spiro atoms. The number of thioether (sulfide) groups is 1. The number of carbonyl (C=O) groups is 3. The Morgan fingerprint density at radius 3 is 2.43 bits per heavy atom. The minimum Gasteiger partial charge on any atom is -0.356 e. The van der Waals surface area contributed by atoms with Crippen LogP contribution < -0.4 is 5.32 Å². The zero-order chi connectivity index (χ0) is 11.0. The Morgan fingerprint density at radius 2 is 1.93 bits per heavy atom. The molecule has 0 saturated carbocycles. The lowest BCUT2D eigenvalue weighted by atomic mass is 10.2. The predicted molar refractivity (Wildman–Crippen MR) is 56.1 cm³/mol. The second kappa shape index (κ2) is 7.55. The van der Waals surface area contributed by atoms with E-state index in [9.17, 15) is 14.4 Å². The molecule has 0 aliphatic carbocycles. The summed E-state index contributed by atoms with van der Waals surface area (Å²) in [5.41, 5.74) is 0. The van der Waals surface area contributed by atoms with Crippen molar-refractivity contribution in [2.45, 2.75) is 26.7 Å². The quantitative estimate of drug-likeness (QED) is 0.527. The maximum Gasteiger partial charge on any atom is 0.216 e. The third kappa shape index (κ3) is 7.79. The van der Waals surface area contributed by atoms with E-state index in [0.29, 0.717) is 18.7 Å². The molecular weight excluding hydrogens is 202 g/mol. The van der Waals surface area contributed by atoms with E-state index in [1.807, 2.05) is 0 Å². The zero-order valence-electron chi connectivity index (χ0n) is 8.46. The molecule has 0 aromatic carbocycles. The smallest absolute Gasteiger partial charge is 0.216 e. The van der Waals surface area contributed by atoms with Gasteiger partial charge in [0, 0.05) is 25.6 Å². The standard InChI is InChI=1S/C9H15NO3S/c1-3-8(12)6-9(13)14-5-4-10-7(2)11/h3-6H2,1-2H3,(H,10,11). The maximum absolute atomic E-state index is 11.1. The molecule has 0 aromatic heterocycles. The second-order valence-corrected chi connectivity index (χ2v) is 3.92. The Hall–Kier alpha value is -0.840. The lowest BCUT2D eigenvalue weighted by molar-refractivity contribution is -0.123. The van der Waals surface area contributed by atoms with Gasteiger partial charge < -0.3 is 5.32 Å². The van der Waals surface area contributed by atoms with Crippen LogP contribution in [0.15, 0.2) is 0 Å². The molecule has 80 valence electrons. The van der Waals surface area contributed by atoms with Crippen LogP contribution in [0, 0.1) is 0 Å². The highest BCUT2D eigenvalue weighted by atomic mass is 32.2. The summed E-state index contributed by atoms with van der Waals surface area (Å²) in [5, 5.41) is 2.45. The monoisotopic (exact) mass is 217 g/mol. The maximum atomic E-state index is 11.1. The van der Waals surface area contributed by atoms with Crippen molar-refractivity contribution in [2.75, 3.05) is 12.3 Å². The van der Waals surface area contributed by atoms with E-state index in [2.05, 4.69) is 5.32 Å². The van der Waals surface area contributed by atoms with Crippen LogP contribution in [0.25, 0.3) is 0 Å². The number of hydrogen-bond acceptors (Lipinski definition) is 4. The molecule has 5 heteroatoms. The molecule has 0 aliphatic rings. The Kier molecular flexibility index (Phi) is 7.10. The summed E-state index contributed by atoms with van der Waals surface area (Å²) >= 11 is 1.09. The number of amides is 1. The van der Waals surface area contributed by atoms with Gasteiger partial charge in [-0.15, -0.1) is 0 Å². The van der Waals surface area contributed by atoms with Gasteiger partial charge in [-0.25, -0.2) is 0 Å². The molecule has 0 saturated heterocycles. The first kappa shape index (κ1) is 13.2. The lowest BCUT2D eigenvalue weighted by Gasteiger charge is -2.00. The predicted octanol–water partition coefficient (Wildman–Crippen LogP) is 0.752. The van der Waals surface area contributed by atoms with Gasteiger partial charge in [0.2, 0.25) is 5.91 Å². The van der Waals surface area contributed by atoms with E-state index in [1.54, 1.807) is 6.92 Å². The molecule has 0 atom stereocenters. The highest BCUT2D eigenvalue weighted by molar-refractivity contribution is 8.13. The average Bonchev–Trinajstić information content (AvgIpc) is 2.12. The summed E-state index contributed by atoms with van der Waals surface area (Å²) in [7, 11) is 0. The van der Waals surface area contributed by atoms with Crippen LogP contribution in [-0.4, -0.2) is 29.1 Å². The van der Waals surface area contributed by atoms with Crippen LogP contribution in [0.3, 0.4) is 0 Å². The fourth-order valence-corrected chi connectivity index (χ4v) is 1.42. The Labute approximate surface area is 87.8 Å². The summed E-state index contributed by atoms with van der Waals surface area (Å²) in [6.45, 7) is 3.62.